The first-order valence-corrected chi connectivity index (χ1v) is 8.90. The van der Waals surface area contributed by atoms with Gasteiger partial charge in [0.25, 0.3) is 0 Å². The van der Waals surface area contributed by atoms with E-state index in [0.29, 0.717) is 16.9 Å². The second kappa shape index (κ2) is 6.42. The summed E-state index contributed by atoms with van der Waals surface area (Å²) in [5.74, 6) is 0.248. The summed E-state index contributed by atoms with van der Waals surface area (Å²) in [6.07, 6.45) is 5.17. The van der Waals surface area contributed by atoms with Gasteiger partial charge in [-0.25, -0.2) is 9.37 Å². The summed E-state index contributed by atoms with van der Waals surface area (Å²) in [5.41, 5.74) is 4.50. The molecule has 0 saturated heterocycles. The van der Waals surface area contributed by atoms with Crippen molar-refractivity contribution in [3.8, 4) is 11.3 Å². The molecule has 4 aromatic heterocycles. The van der Waals surface area contributed by atoms with E-state index in [1.165, 1.54) is 0 Å². The number of hydrogen-bond acceptors (Lipinski definition) is 4. The van der Waals surface area contributed by atoms with Crippen molar-refractivity contribution in [2.24, 2.45) is 0 Å². The highest BCUT2D eigenvalue weighted by Gasteiger charge is 2.13. The number of aryl methyl sites for hydroxylation is 1. The zero-order valence-electron chi connectivity index (χ0n) is 15.1. The van der Waals surface area contributed by atoms with Crippen LogP contribution < -0.4 is 5.32 Å². The van der Waals surface area contributed by atoms with Crippen LogP contribution >= 0.6 is 0 Å². The highest BCUT2D eigenvalue weighted by Crippen LogP contribution is 2.31. The number of nitrogens with zero attached hydrogens (tertiary/aromatic N) is 3. The lowest BCUT2D eigenvalue weighted by molar-refractivity contribution is 0.644. The molecule has 0 aliphatic rings. The molecule has 5 rings (SSSR count). The first-order valence-electron chi connectivity index (χ1n) is 8.90. The summed E-state index contributed by atoms with van der Waals surface area (Å²) in [7, 11) is 0. The second-order valence-electron chi connectivity index (χ2n) is 6.63. The molecule has 28 heavy (non-hydrogen) atoms. The zero-order valence-corrected chi connectivity index (χ0v) is 15.1. The molecule has 5 nitrogen and oxygen atoms in total. The maximum Gasteiger partial charge on any atom is 0.156 e. The van der Waals surface area contributed by atoms with Gasteiger partial charge in [-0.1, -0.05) is 0 Å². The zero-order chi connectivity index (χ0) is 19.1. The standard InChI is InChI=1S/C22H16FN5/c1-13-11-16-17(26-13)4-5-18(21(16)23)27-22-15-3-2-8-25-20(15)12-19(28-22)14-6-9-24-10-7-14/h2-12,26H,1H3,(H,27,28). The van der Waals surface area contributed by atoms with Gasteiger partial charge in [-0.15, -0.1) is 0 Å². The fourth-order valence-electron chi connectivity index (χ4n) is 3.37. The lowest BCUT2D eigenvalue weighted by atomic mass is 10.1. The molecule has 6 heteroatoms. The van der Waals surface area contributed by atoms with Crippen molar-refractivity contribution in [3.63, 3.8) is 0 Å². The second-order valence-corrected chi connectivity index (χ2v) is 6.63. The van der Waals surface area contributed by atoms with Crippen LogP contribution in [0, 0.1) is 12.7 Å². The molecule has 136 valence electrons. The Labute approximate surface area is 160 Å². The number of anilines is 2. The minimum Gasteiger partial charge on any atom is -0.359 e. The van der Waals surface area contributed by atoms with Crippen LogP contribution in [0.15, 0.2) is 67.1 Å². The average Bonchev–Trinajstić information content (AvgIpc) is 3.12. The van der Waals surface area contributed by atoms with E-state index < -0.39 is 0 Å². The minimum atomic E-state index is -0.310. The number of benzene rings is 1. The summed E-state index contributed by atoms with van der Waals surface area (Å²) < 4.78 is 15.1. The molecule has 4 heterocycles. The number of hydrogen-bond donors (Lipinski definition) is 2. The van der Waals surface area contributed by atoms with Gasteiger partial charge in [-0.3, -0.25) is 9.97 Å². The van der Waals surface area contributed by atoms with Gasteiger partial charge in [-0.2, -0.15) is 0 Å². The largest absolute Gasteiger partial charge is 0.359 e. The third-order valence-electron chi connectivity index (χ3n) is 4.70. The fourth-order valence-corrected chi connectivity index (χ4v) is 3.37. The van der Waals surface area contributed by atoms with Crippen molar-refractivity contribution in [1.29, 1.82) is 0 Å². The maximum absolute atomic E-state index is 15.1. The predicted octanol–water partition coefficient (Wildman–Crippen LogP) is 5.36. The van der Waals surface area contributed by atoms with Crippen molar-refractivity contribution in [2.75, 3.05) is 5.32 Å². The summed E-state index contributed by atoms with van der Waals surface area (Å²) in [4.78, 5) is 16.4. The Hall–Kier alpha value is -3.80. The van der Waals surface area contributed by atoms with Crippen LogP contribution in [0.1, 0.15) is 5.69 Å². The van der Waals surface area contributed by atoms with E-state index in [1.54, 1.807) is 30.7 Å². The van der Waals surface area contributed by atoms with E-state index in [9.17, 15) is 0 Å². The number of pyridine rings is 3. The number of rotatable bonds is 3. The molecule has 0 spiro atoms. The molecular weight excluding hydrogens is 353 g/mol. The molecule has 0 fully saturated rings. The van der Waals surface area contributed by atoms with Gasteiger partial charge in [0.05, 0.1) is 16.9 Å². The Morgan fingerprint density at radius 1 is 0.964 bits per heavy atom. The number of nitrogens with one attached hydrogen (secondary N) is 2. The van der Waals surface area contributed by atoms with Gasteiger partial charge >= 0.3 is 0 Å². The number of aromatic amines is 1. The van der Waals surface area contributed by atoms with Crippen molar-refractivity contribution in [1.82, 2.24) is 19.9 Å². The van der Waals surface area contributed by atoms with Crippen LogP contribution in [0.3, 0.4) is 0 Å². The SMILES string of the molecule is Cc1cc2c(F)c(Nc3nc(-c4ccncc4)cc4ncccc34)ccc2[nH]1. The van der Waals surface area contributed by atoms with E-state index in [4.69, 9.17) is 4.98 Å². The van der Waals surface area contributed by atoms with Gasteiger partial charge in [-0.05, 0) is 55.5 Å². The minimum absolute atomic E-state index is 0.310. The van der Waals surface area contributed by atoms with E-state index in [0.717, 1.165) is 33.4 Å². The van der Waals surface area contributed by atoms with Gasteiger partial charge in [0.15, 0.2) is 5.82 Å². The molecule has 0 unspecified atom stereocenters. The molecule has 0 saturated carbocycles. The fraction of sp³-hybridized carbons (Fsp3) is 0.0455. The monoisotopic (exact) mass is 369 g/mol. The van der Waals surface area contributed by atoms with E-state index in [1.807, 2.05) is 43.3 Å². The summed E-state index contributed by atoms with van der Waals surface area (Å²) in [5, 5.41) is 4.55. The molecule has 0 radical (unpaired) electrons. The maximum atomic E-state index is 15.1. The molecule has 0 aliphatic heterocycles. The molecule has 0 aliphatic carbocycles. The van der Waals surface area contributed by atoms with E-state index >= 15 is 4.39 Å². The van der Waals surface area contributed by atoms with Crippen LogP contribution in [-0.2, 0) is 0 Å². The summed E-state index contributed by atoms with van der Waals surface area (Å²) in [6.45, 7) is 1.91. The van der Waals surface area contributed by atoms with Gasteiger partial charge in [0, 0.05) is 46.1 Å². The average molecular weight is 369 g/mol. The predicted molar refractivity (Wildman–Crippen MR) is 109 cm³/mol. The molecule has 2 N–H and O–H groups in total. The first-order chi connectivity index (χ1) is 13.7. The summed E-state index contributed by atoms with van der Waals surface area (Å²) in [6, 6.07) is 14.8. The summed E-state index contributed by atoms with van der Waals surface area (Å²) >= 11 is 0. The number of halogens is 1. The Balaban J connectivity index is 1.67. The lowest BCUT2D eigenvalue weighted by Gasteiger charge is -2.12. The van der Waals surface area contributed by atoms with Crippen molar-refractivity contribution < 1.29 is 4.39 Å². The van der Waals surface area contributed by atoms with Crippen molar-refractivity contribution in [3.05, 3.63) is 78.6 Å². The van der Waals surface area contributed by atoms with E-state index in [-0.39, 0.29) is 5.82 Å². The number of aromatic nitrogens is 4. The van der Waals surface area contributed by atoms with E-state index in [2.05, 4.69) is 20.3 Å². The van der Waals surface area contributed by atoms with Crippen molar-refractivity contribution in [2.45, 2.75) is 6.92 Å². The topological polar surface area (TPSA) is 66.5 Å². The Bertz CT molecular complexity index is 1310. The number of H-pyrrole nitrogens is 1. The smallest absolute Gasteiger partial charge is 0.156 e. The Morgan fingerprint density at radius 3 is 2.68 bits per heavy atom. The van der Waals surface area contributed by atoms with Crippen LogP contribution in [0.5, 0.6) is 0 Å². The molecule has 0 atom stereocenters. The van der Waals surface area contributed by atoms with Crippen LogP contribution in [0.2, 0.25) is 0 Å². The third-order valence-corrected chi connectivity index (χ3v) is 4.70. The molecular formula is C22H16FN5. The lowest BCUT2D eigenvalue weighted by Crippen LogP contribution is -2.00. The quantitative estimate of drug-likeness (QED) is 0.449. The van der Waals surface area contributed by atoms with Crippen molar-refractivity contribution >= 4 is 33.3 Å². The Morgan fingerprint density at radius 2 is 1.82 bits per heavy atom. The highest BCUT2D eigenvalue weighted by atomic mass is 19.1. The van der Waals surface area contributed by atoms with Gasteiger partial charge in [0.1, 0.15) is 5.82 Å². The first kappa shape index (κ1) is 16.4. The molecule has 0 amide bonds. The molecule has 1 aromatic carbocycles. The number of fused-ring (bicyclic) bond motifs is 2. The Kier molecular flexibility index (Phi) is 3.76. The normalized spacial score (nSPS) is 11.2. The van der Waals surface area contributed by atoms with Gasteiger partial charge < -0.3 is 10.3 Å². The van der Waals surface area contributed by atoms with Crippen LogP contribution in [0.4, 0.5) is 15.9 Å². The highest BCUT2D eigenvalue weighted by molar-refractivity contribution is 5.94. The van der Waals surface area contributed by atoms with Crippen LogP contribution in [0.25, 0.3) is 33.1 Å². The molecule has 5 aromatic rings. The van der Waals surface area contributed by atoms with Gasteiger partial charge in [0.2, 0.25) is 0 Å². The third kappa shape index (κ3) is 2.75. The van der Waals surface area contributed by atoms with Crippen LogP contribution in [-0.4, -0.2) is 19.9 Å². The molecule has 0 bridgehead atoms.